The molecule has 32 heavy (non-hydrogen) atoms. The molecule has 0 aliphatic carbocycles. The van der Waals surface area contributed by atoms with Crippen LogP contribution in [-0.2, 0) is 0 Å². The van der Waals surface area contributed by atoms with Crippen molar-refractivity contribution in [2.24, 2.45) is 0 Å². The fraction of sp³-hybridized carbons (Fsp3) is 0.208. The Labute approximate surface area is 190 Å². The van der Waals surface area contributed by atoms with E-state index in [0.29, 0.717) is 5.65 Å². The molecule has 1 fully saturated rings. The van der Waals surface area contributed by atoms with Crippen molar-refractivity contribution in [2.75, 3.05) is 13.1 Å². The minimum atomic E-state index is -0.945. The molecule has 0 saturated carbocycles. The van der Waals surface area contributed by atoms with Gasteiger partial charge in [0.15, 0.2) is 5.65 Å². The Hall–Kier alpha value is -3.42. The second kappa shape index (κ2) is 8.61. The molecular formula is C24H23ClN4O3. The van der Waals surface area contributed by atoms with Crippen LogP contribution in [0.2, 0.25) is 0 Å². The number of carbonyl (C=O) groups is 1. The summed E-state index contributed by atoms with van der Waals surface area (Å²) in [5, 5.41) is 12.4. The third kappa shape index (κ3) is 3.70. The van der Waals surface area contributed by atoms with E-state index in [4.69, 9.17) is 5.11 Å². The number of hydrogen-bond acceptors (Lipinski definition) is 4. The molecule has 2 aromatic carbocycles. The van der Waals surface area contributed by atoms with Crippen LogP contribution in [-0.4, -0.2) is 38.3 Å². The SMILES string of the molecule is Cc1cnc2c(c1)n(-c1ccc(-c3ccc(C(=O)O)cc3)cc1)c(=O)n2C1CCNC1.Cl. The van der Waals surface area contributed by atoms with Crippen LogP contribution in [0.25, 0.3) is 28.0 Å². The molecule has 0 bridgehead atoms. The zero-order valence-electron chi connectivity index (χ0n) is 17.5. The van der Waals surface area contributed by atoms with Crippen LogP contribution >= 0.6 is 12.4 Å². The van der Waals surface area contributed by atoms with Crippen LogP contribution in [0, 0.1) is 6.92 Å². The largest absolute Gasteiger partial charge is 0.478 e. The molecule has 1 unspecified atom stereocenters. The van der Waals surface area contributed by atoms with E-state index in [1.54, 1.807) is 35.0 Å². The minimum absolute atomic E-state index is 0. The average Bonchev–Trinajstić information content (AvgIpc) is 3.39. The van der Waals surface area contributed by atoms with E-state index in [2.05, 4.69) is 10.3 Å². The van der Waals surface area contributed by atoms with E-state index in [1.165, 1.54) is 0 Å². The van der Waals surface area contributed by atoms with Gasteiger partial charge >= 0.3 is 11.7 Å². The molecule has 0 radical (unpaired) electrons. The number of halogens is 1. The number of carboxylic acid groups (broad SMARTS) is 1. The van der Waals surface area contributed by atoms with Crippen LogP contribution in [0.3, 0.4) is 0 Å². The van der Waals surface area contributed by atoms with Crippen molar-refractivity contribution in [2.45, 2.75) is 19.4 Å². The van der Waals surface area contributed by atoms with Crippen molar-refractivity contribution in [1.82, 2.24) is 19.4 Å². The average molecular weight is 451 g/mol. The van der Waals surface area contributed by atoms with Crippen molar-refractivity contribution in [3.63, 3.8) is 0 Å². The standard InChI is InChI=1S/C24H22N4O3.ClH/c1-15-12-21-22(26-13-15)28(20-10-11-25-14-20)24(31)27(21)19-8-6-17(7-9-19)16-2-4-18(5-3-16)23(29)30;/h2-9,12-13,20,25H,10-11,14H2,1H3,(H,29,30);1H. The Kier molecular flexibility index (Phi) is 5.86. The van der Waals surface area contributed by atoms with Gasteiger partial charge in [-0.1, -0.05) is 24.3 Å². The van der Waals surface area contributed by atoms with Gasteiger partial charge in [0.2, 0.25) is 0 Å². The summed E-state index contributed by atoms with van der Waals surface area (Å²) in [4.78, 5) is 29.1. The summed E-state index contributed by atoms with van der Waals surface area (Å²) in [5.41, 5.74) is 5.32. The summed E-state index contributed by atoms with van der Waals surface area (Å²) in [5.74, 6) is -0.945. The summed E-state index contributed by atoms with van der Waals surface area (Å²) in [7, 11) is 0. The fourth-order valence-corrected chi connectivity index (χ4v) is 4.24. The lowest BCUT2D eigenvalue weighted by molar-refractivity contribution is 0.0697. The normalized spacial score (nSPS) is 15.6. The van der Waals surface area contributed by atoms with Crippen LogP contribution in [0.4, 0.5) is 0 Å². The highest BCUT2D eigenvalue weighted by molar-refractivity contribution is 5.88. The van der Waals surface area contributed by atoms with Gasteiger partial charge < -0.3 is 10.4 Å². The molecule has 0 amide bonds. The first kappa shape index (κ1) is 21.8. The molecule has 7 nitrogen and oxygen atoms in total. The molecule has 1 saturated heterocycles. The number of fused-ring (bicyclic) bond motifs is 1. The smallest absolute Gasteiger partial charge is 0.335 e. The molecule has 0 spiro atoms. The maximum absolute atomic E-state index is 13.4. The van der Waals surface area contributed by atoms with Gasteiger partial charge in [0.05, 0.1) is 22.8 Å². The van der Waals surface area contributed by atoms with E-state index in [-0.39, 0.29) is 29.7 Å². The van der Waals surface area contributed by atoms with Gasteiger partial charge in [-0.3, -0.25) is 9.13 Å². The van der Waals surface area contributed by atoms with E-state index in [9.17, 15) is 9.59 Å². The molecule has 1 atom stereocenters. The predicted molar refractivity (Wildman–Crippen MR) is 126 cm³/mol. The number of hydrogen-bond donors (Lipinski definition) is 2. The Bertz CT molecular complexity index is 1330. The fourth-order valence-electron chi connectivity index (χ4n) is 4.24. The van der Waals surface area contributed by atoms with Crippen molar-refractivity contribution in [1.29, 1.82) is 0 Å². The first-order chi connectivity index (χ1) is 15.0. The molecule has 5 rings (SSSR count). The zero-order valence-corrected chi connectivity index (χ0v) is 18.3. The summed E-state index contributed by atoms with van der Waals surface area (Å²) in [6.07, 6.45) is 2.70. The lowest BCUT2D eigenvalue weighted by Gasteiger charge is -2.09. The molecule has 3 heterocycles. The van der Waals surface area contributed by atoms with Gasteiger partial charge in [-0.2, -0.15) is 0 Å². The third-order valence-corrected chi connectivity index (χ3v) is 5.84. The lowest BCUT2D eigenvalue weighted by atomic mass is 10.0. The molecule has 2 N–H and O–H groups in total. The van der Waals surface area contributed by atoms with Crippen LogP contribution < -0.4 is 11.0 Å². The predicted octanol–water partition coefficient (Wildman–Crippen LogP) is 3.82. The van der Waals surface area contributed by atoms with Crippen LogP contribution in [0.15, 0.2) is 65.6 Å². The van der Waals surface area contributed by atoms with Crippen LogP contribution in [0.1, 0.15) is 28.4 Å². The van der Waals surface area contributed by atoms with Gasteiger partial charge in [0.1, 0.15) is 0 Å². The lowest BCUT2D eigenvalue weighted by Crippen LogP contribution is -2.28. The number of aryl methyl sites for hydroxylation is 1. The van der Waals surface area contributed by atoms with Crippen molar-refractivity contribution < 1.29 is 9.90 Å². The Morgan fingerprint density at radius 1 is 1.09 bits per heavy atom. The molecule has 1 aliphatic heterocycles. The van der Waals surface area contributed by atoms with E-state index < -0.39 is 5.97 Å². The molecule has 2 aromatic heterocycles. The van der Waals surface area contributed by atoms with Crippen LogP contribution in [0.5, 0.6) is 0 Å². The zero-order chi connectivity index (χ0) is 21.5. The number of carboxylic acids is 1. The maximum Gasteiger partial charge on any atom is 0.335 e. The summed E-state index contributed by atoms with van der Waals surface area (Å²) in [6.45, 7) is 3.63. The Morgan fingerprint density at radius 3 is 2.34 bits per heavy atom. The number of rotatable bonds is 4. The number of aromatic nitrogens is 3. The number of benzene rings is 2. The summed E-state index contributed by atoms with van der Waals surface area (Å²) < 4.78 is 3.54. The van der Waals surface area contributed by atoms with Gasteiger partial charge in [0.25, 0.3) is 0 Å². The molecular weight excluding hydrogens is 428 g/mol. The number of nitrogens with one attached hydrogen (secondary N) is 1. The van der Waals surface area contributed by atoms with E-state index in [0.717, 1.165) is 47.4 Å². The second-order valence-corrected chi connectivity index (χ2v) is 7.92. The highest BCUT2D eigenvalue weighted by Crippen LogP contribution is 2.25. The van der Waals surface area contributed by atoms with Gasteiger partial charge in [-0.05, 0) is 66.9 Å². The second-order valence-electron chi connectivity index (χ2n) is 7.92. The molecule has 164 valence electrons. The highest BCUT2D eigenvalue weighted by atomic mass is 35.5. The quantitative estimate of drug-likeness (QED) is 0.493. The summed E-state index contributed by atoms with van der Waals surface area (Å²) in [6, 6.07) is 16.6. The Balaban J connectivity index is 0.00000245. The molecule has 1 aliphatic rings. The van der Waals surface area contributed by atoms with E-state index >= 15 is 0 Å². The van der Waals surface area contributed by atoms with E-state index in [1.807, 2.05) is 41.8 Å². The Morgan fingerprint density at radius 2 is 1.75 bits per heavy atom. The monoisotopic (exact) mass is 450 g/mol. The third-order valence-electron chi connectivity index (χ3n) is 5.84. The number of aromatic carboxylic acids is 1. The van der Waals surface area contributed by atoms with Gasteiger partial charge in [-0.15, -0.1) is 12.4 Å². The molecule has 8 heteroatoms. The first-order valence-corrected chi connectivity index (χ1v) is 10.3. The van der Waals surface area contributed by atoms with Gasteiger partial charge in [-0.25, -0.2) is 14.6 Å². The maximum atomic E-state index is 13.4. The number of pyridine rings is 1. The van der Waals surface area contributed by atoms with Crippen molar-refractivity contribution in [3.8, 4) is 16.8 Å². The minimum Gasteiger partial charge on any atom is -0.478 e. The summed E-state index contributed by atoms with van der Waals surface area (Å²) >= 11 is 0. The van der Waals surface area contributed by atoms with Crippen molar-refractivity contribution >= 4 is 29.5 Å². The number of nitrogens with zero attached hydrogens (tertiary/aromatic N) is 3. The highest BCUT2D eigenvalue weighted by Gasteiger charge is 2.24. The molecule has 4 aromatic rings. The van der Waals surface area contributed by atoms with Crippen molar-refractivity contribution in [3.05, 3.63) is 82.4 Å². The van der Waals surface area contributed by atoms with Gasteiger partial charge in [0, 0.05) is 12.7 Å². The topological polar surface area (TPSA) is 89.2 Å². The number of imidazole rings is 1. The first-order valence-electron chi connectivity index (χ1n) is 10.3.